The van der Waals surface area contributed by atoms with Gasteiger partial charge in [-0.05, 0) is 43.4 Å². The van der Waals surface area contributed by atoms with Gasteiger partial charge in [0.2, 0.25) is 5.71 Å². The molecule has 4 aromatic rings. The normalized spacial score (nSPS) is 17.6. The van der Waals surface area contributed by atoms with Crippen LogP contribution in [0.3, 0.4) is 0 Å². The molecule has 0 aliphatic heterocycles. The van der Waals surface area contributed by atoms with Crippen LogP contribution in [0.15, 0.2) is 65.3 Å². The number of fused-ring (bicyclic) bond motifs is 1. The molecule has 2 aromatic heterocycles. The van der Waals surface area contributed by atoms with E-state index < -0.39 is 0 Å². The second-order valence-corrected chi connectivity index (χ2v) is 8.96. The van der Waals surface area contributed by atoms with Crippen molar-refractivity contribution >= 4 is 22.9 Å². The highest BCUT2D eigenvalue weighted by Gasteiger charge is 2.26. The number of hydrogen-bond acceptors (Lipinski definition) is 8. The lowest BCUT2D eigenvalue weighted by Gasteiger charge is -2.30. The van der Waals surface area contributed by atoms with Gasteiger partial charge in [-0.2, -0.15) is 0 Å². The third kappa shape index (κ3) is 5.04. The summed E-state index contributed by atoms with van der Waals surface area (Å²) in [6, 6.07) is 18.4. The van der Waals surface area contributed by atoms with E-state index in [2.05, 4.69) is 20.6 Å². The Hall–Kier alpha value is -3.91. The summed E-state index contributed by atoms with van der Waals surface area (Å²) in [4.78, 5) is 20.7. The van der Waals surface area contributed by atoms with Crippen LogP contribution in [0.5, 0.6) is 5.75 Å². The van der Waals surface area contributed by atoms with Gasteiger partial charge in [0.15, 0.2) is 0 Å². The Morgan fingerprint density at radius 2 is 1.78 bits per heavy atom. The van der Waals surface area contributed by atoms with E-state index >= 15 is 0 Å². The number of benzene rings is 2. The molecule has 2 heterocycles. The second-order valence-electron chi connectivity index (χ2n) is 8.96. The molecule has 5 rings (SSSR count). The Morgan fingerprint density at radius 3 is 2.53 bits per heavy atom. The second kappa shape index (κ2) is 10.8. The fourth-order valence-corrected chi connectivity index (χ4v) is 4.87. The zero-order valence-corrected chi connectivity index (χ0v) is 20.5. The van der Waals surface area contributed by atoms with Gasteiger partial charge in [0.05, 0.1) is 26.2 Å². The molecule has 0 saturated heterocycles. The molecule has 0 bridgehead atoms. The van der Waals surface area contributed by atoms with E-state index in [0.717, 1.165) is 65.1 Å². The lowest BCUT2D eigenvalue weighted by atomic mass is 9.90. The van der Waals surface area contributed by atoms with Crippen molar-refractivity contribution in [3.63, 3.8) is 0 Å². The first kappa shape index (κ1) is 23.8. The van der Waals surface area contributed by atoms with Crippen LogP contribution in [0.2, 0.25) is 0 Å². The van der Waals surface area contributed by atoms with Gasteiger partial charge in [0.1, 0.15) is 23.7 Å². The number of carbonyl (C=O) groups is 1. The maximum Gasteiger partial charge on any atom is 0.319 e. The average Bonchev–Trinajstić information content (AvgIpc) is 3.33. The number of esters is 1. The molecule has 8 nitrogen and oxygen atoms in total. The zero-order valence-electron chi connectivity index (χ0n) is 20.5. The quantitative estimate of drug-likeness (QED) is 0.334. The summed E-state index contributed by atoms with van der Waals surface area (Å²) in [5, 5.41) is 7.84. The number of furan rings is 1. The van der Waals surface area contributed by atoms with Crippen LogP contribution >= 0.6 is 0 Å². The highest BCUT2D eigenvalue weighted by molar-refractivity contribution is 6.05. The van der Waals surface area contributed by atoms with E-state index in [-0.39, 0.29) is 24.6 Å². The van der Waals surface area contributed by atoms with Gasteiger partial charge >= 0.3 is 5.97 Å². The Kier molecular flexibility index (Phi) is 7.13. The number of nitrogens with one attached hydrogen (secondary N) is 2. The number of methoxy groups -OCH3 is 2. The maximum atomic E-state index is 11.6. The van der Waals surface area contributed by atoms with Crippen LogP contribution in [-0.2, 0) is 9.53 Å². The molecule has 36 heavy (non-hydrogen) atoms. The molecule has 186 valence electrons. The molecular weight excluding hydrogens is 456 g/mol. The minimum atomic E-state index is -0.251. The van der Waals surface area contributed by atoms with Gasteiger partial charge in [0.25, 0.3) is 0 Å². The molecule has 2 aromatic carbocycles. The number of rotatable bonds is 8. The van der Waals surface area contributed by atoms with E-state index in [9.17, 15) is 4.79 Å². The van der Waals surface area contributed by atoms with E-state index in [0.29, 0.717) is 5.71 Å². The van der Waals surface area contributed by atoms with Crippen molar-refractivity contribution in [3.8, 4) is 28.2 Å². The van der Waals surface area contributed by atoms with E-state index in [4.69, 9.17) is 13.9 Å². The SMILES string of the molecule is COC(=O)CN[C@H]1CCC[C@H](Nc2ncnc3oc(-c4ccccc4)c(-c4ccc(OC)cc4)c23)C1. The Labute approximate surface area is 210 Å². The van der Waals surface area contributed by atoms with Crippen molar-refractivity contribution in [2.45, 2.75) is 37.8 Å². The smallest absolute Gasteiger partial charge is 0.319 e. The summed E-state index contributed by atoms with van der Waals surface area (Å²) in [5.41, 5.74) is 3.44. The van der Waals surface area contributed by atoms with E-state index in [1.54, 1.807) is 7.11 Å². The van der Waals surface area contributed by atoms with Crippen molar-refractivity contribution in [2.24, 2.45) is 0 Å². The van der Waals surface area contributed by atoms with Crippen molar-refractivity contribution in [2.75, 3.05) is 26.1 Å². The summed E-state index contributed by atoms with van der Waals surface area (Å²) < 4.78 is 16.5. The highest BCUT2D eigenvalue weighted by atomic mass is 16.5. The van der Waals surface area contributed by atoms with E-state index in [1.165, 1.54) is 13.4 Å². The number of ether oxygens (including phenoxy) is 2. The van der Waals surface area contributed by atoms with Gasteiger partial charge in [-0.3, -0.25) is 4.79 Å². The summed E-state index contributed by atoms with van der Waals surface area (Å²) in [6.45, 7) is 0.218. The predicted octanol–water partition coefficient (Wildman–Crippen LogP) is 5.05. The molecule has 0 spiro atoms. The van der Waals surface area contributed by atoms with Crippen LogP contribution in [-0.4, -0.2) is 48.8 Å². The van der Waals surface area contributed by atoms with Gasteiger partial charge in [-0.15, -0.1) is 0 Å². The van der Waals surface area contributed by atoms with Gasteiger partial charge < -0.3 is 24.5 Å². The third-order valence-electron chi connectivity index (χ3n) is 6.68. The molecule has 0 unspecified atom stereocenters. The number of carbonyl (C=O) groups excluding carboxylic acids is 1. The molecule has 1 aliphatic carbocycles. The zero-order chi connectivity index (χ0) is 24.9. The minimum Gasteiger partial charge on any atom is -0.497 e. The molecule has 0 radical (unpaired) electrons. The Morgan fingerprint density at radius 1 is 1.00 bits per heavy atom. The number of nitrogens with zero attached hydrogens (tertiary/aromatic N) is 2. The summed E-state index contributed by atoms with van der Waals surface area (Å²) in [5.74, 6) is 2.03. The lowest BCUT2D eigenvalue weighted by molar-refractivity contribution is -0.139. The van der Waals surface area contributed by atoms with E-state index in [1.807, 2.05) is 54.6 Å². The predicted molar refractivity (Wildman–Crippen MR) is 139 cm³/mol. The lowest BCUT2D eigenvalue weighted by Crippen LogP contribution is -2.41. The monoisotopic (exact) mass is 486 g/mol. The highest BCUT2D eigenvalue weighted by Crippen LogP contribution is 2.43. The third-order valence-corrected chi connectivity index (χ3v) is 6.68. The fraction of sp³-hybridized carbons (Fsp3) is 0.321. The maximum absolute atomic E-state index is 11.6. The fourth-order valence-electron chi connectivity index (χ4n) is 4.87. The van der Waals surface area contributed by atoms with Gasteiger partial charge in [0, 0.05) is 23.2 Å². The molecule has 1 fully saturated rings. The first-order valence-corrected chi connectivity index (χ1v) is 12.2. The largest absolute Gasteiger partial charge is 0.497 e. The van der Waals surface area contributed by atoms with Gasteiger partial charge in [-0.1, -0.05) is 42.5 Å². The average molecular weight is 487 g/mol. The van der Waals surface area contributed by atoms with Crippen molar-refractivity contribution in [1.82, 2.24) is 15.3 Å². The molecule has 8 heteroatoms. The van der Waals surface area contributed by atoms with Crippen molar-refractivity contribution < 1.29 is 18.7 Å². The van der Waals surface area contributed by atoms with Crippen LogP contribution in [0, 0.1) is 0 Å². The molecule has 1 saturated carbocycles. The van der Waals surface area contributed by atoms with Crippen LogP contribution in [0.1, 0.15) is 25.7 Å². The number of hydrogen-bond donors (Lipinski definition) is 2. The number of aromatic nitrogens is 2. The Bertz CT molecular complexity index is 1320. The molecule has 0 amide bonds. The molecule has 2 N–H and O–H groups in total. The molecule has 2 atom stereocenters. The van der Waals surface area contributed by atoms with Gasteiger partial charge in [-0.25, -0.2) is 9.97 Å². The minimum absolute atomic E-state index is 0.200. The standard InChI is InChI=1S/C28H30N4O4/c1-34-22-13-11-18(12-14-22)24-25-27(32-21-10-6-9-20(15-21)29-16-23(33)35-2)30-17-31-28(25)36-26(24)19-7-4-3-5-8-19/h3-5,7-8,11-14,17,20-21,29H,6,9-10,15-16H2,1-2H3,(H,30,31,32)/t20-,21-/m0/s1. The molecule has 1 aliphatic rings. The van der Waals surface area contributed by atoms with Crippen molar-refractivity contribution in [1.29, 1.82) is 0 Å². The van der Waals surface area contributed by atoms with Crippen LogP contribution in [0.4, 0.5) is 5.82 Å². The summed E-state index contributed by atoms with van der Waals surface area (Å²) in [6.07, 6.45) is 5.51. The van der Waals surface area contributed by atoms with Crippen LogP contribution in [0.25, 0.3) is 33.6 Å². The first-order chi connectivity index (χ1) is 17.7. The summed E-state index contributed by atoms with van der Waals surface area (Å²) >= 11 is 0. The summed E-state index contributed by atoms with van der Waals surface area (Å²) in [7, 11) is 3.07. The van der Waals surface area contributed by atoms with Crippen molar-refractivity contribution in [3.05, 3.63) is 60.9 Å². The topological polar surface area (TPSA) is 98.5 Å². The molecular formula is C28H30N4O4. The Balaban J connectivity index is 1.52. The van der Waals surface area contributed by atoms with Crippen LogP contribution < -0.4 is 15.4 Å². The number of anilines is 1. The first-order valence-electron chi connectivity index (χ1n) is 12.2.